The van der Waals surface area contributed by atoms with Crippen LogP contribution in [0, 0.1) is 0 Å². The number of hydrogen-bond acceptors (Lipinski definition) is 5. The van der Waals surface area contributed by atoms with Crippen LogP contribution in [0.1, 0.15) is 18.9 Å². The number of phenolic OH excluding ortho intramolecular Hbond substituents is 1. The summed E-state index contributed by atoms with van der Waals surface area (Å²) in [5, 5.41) is 21.1. The molecule has 0 unspecified atom stereocenters. The van der Waals surface area contributed by atoms with E-state index < -0.39 is 0 Å². The van der Waals surface area contributed by atoms with E-state index in [2.05, 4.69) is 15.3 Å². The molecule has 1 aromatic carbocycles. The first-order valence-corrected chi connectivity index (χ1v) is 5.64. The third-order valence-electron chi connectivity index (χ3n) is 2.21. The Bertz CT molecular complexity index is 523. The van der Waals surface area contributed by atoms with Crippen LogP contribution in [-0.4, -0.2) is 32.8 Å². The molecule has 6 heteroatoms. The predicted molar refractivity (Wildman–Crippen MR) is 66.9 cm³/mol. The van der Waals surface area contributed by atoms with Gasteiger partial charge in [0, 0.05) is 11.6 Å². The zero-order chi connectivity index (χ0) is 12.8. The number of aromatic hydroxyl groups is 1. The minimum Gasteiger partial charge on any atom is -0.507 e. The molecule has 1 heterocycles. The van der Waals surface area contributed by atoms with Gasteiger partial charge in [0.15, 0.2) is 0 Å². The van der Waals surface area contributed by atoms with Crippen molar-refractivity contribution in [3.05, 3.63) is 36.4 Å². The first-order valence-electron chi connectivity index (χ1n) is 5.64. The molecule has 0 aliphatic carbocycles. The lowest BCUT2D eigenvalue weighted by Gasteiger charge is -2.05. The van der Waals surface area contributed by atoms with Crippen LogP contribution in [0.3, 0.4) is 0 Å². The van der Waals surface area contributed by atoms with Crippen molar-refractivity contribution in [2.75, 3.05) is 6.61 Å². The fraction of sp³-hybridized carbons (Fsp3) is 0.250. The Hall–Kier alpha value is -2.37. The van der Waals surface area contributed by atoms with Crippen molar-refractivity contribution in [2.24, 2.45) is 5.10 Å². The van der Waals surface area contributed by atoms with Gasteiger partial charge in [-0.25, -0.2) is 4.68 Å². The van der Waals surface area contributed by atoms with Crippen molar-refractivity contribution >= 4 is 6.21 Å². The molecule has 18 heavy (non-hydrogen) atoms. The Morgan fingerprint density at radius 2 is 2.17 bits per heavy atom. The summed E-state index contributed by atoms with van der Waals surface area (Å²) in [7, 11) is 0. The van der Waals surface area contributed by atoms with Crippen molar-refractivity contribution in [2.45, 2.75) is 13.3 Å². The summed E-state index contributed by atoms with van der Waals surface area (Å²) in [6.45, 7) is 2.66. The first kappa shape index (κ1) is 12.1. The number of nitrogens with zero attached hydrogens (tertiary/aromatic N) is 4. The second-order valence-corrected chi connectivity index (χ2v) is 3.66. The largest absolute Gasteiger partial charge is 0.507 e. The number of aromatic nitrogens is 3. The Balaban J connectivity index is 2.10. The quantitative estimate of drug-likeness (QED) is 0.814. The van der Waals surface area contributed by atoms with Crippen LogP contribution in [0.15, 0.2) is 36.0 Å². The fourth-order valence-corrected chi connectivity index (χ4v) is 1.33. The molecule has 0 aliphatic heterocycles. The predicted octanol–water partition coefficient (Wildman–Crippen LogP) is 1.65. The molecule has 0 saturated carbocycles. The molecule has 0 saturated heterocycles. The Kier molecular flexibility index (Phi) is 3.90. The van der Waals surface area contributed by atoms with E-state index in [0.717, 1.165) is 6.42 Å². The van der Waals surface area contributed by atoms with E-state index in [4.69, 9.17) is 4.74 Å². The van der Waals surface area contributed by atoms with Gasteiger partial charge < -0.3 is 9.84 Å². The van der Waals surface area contributed by atoms with Gasteiger partial charge in [-0.1, -0.05) is 6.92 Å². The molecule has 94 valence electrons. The monoisotopic (exact) mass is 246 g/mol. The van der Waals surface area contributed by atoms with Gasteiger partial charge in [0.25, 0.3) is 0 Å². The Morgan fingerprint density at radius 3 is 2.83 bits per heavy atom. The van der Waals surface area contributed by atoms with Crippen LogP contribution in [0.25, 0.3) is 0 Å². The summed E-state index contributed by atoms with van der Waals surface area (Å²) in [6, 6.07) is 5.11. The third kappa shape index (κ3) is 3.07. The molecule has 0 amide bonds. The topological polar surface area (TPSA) is 72.5 Å². The number of rotatable bonds is 5. The molecule has 1 aromatic heterocycles. The molecule has 6 nitrogen and oxygen atoms in total. The average Bonchev–Trinajstić information content (AvgIpc) is 2.88. The second kappa shape index (κ2) is 5.81. The van der Waals surface area contributed by atoms with E-state index in [1.807, 2.05) is 6.92 Å². The molecule has 2 rings (SSSR count). The van der Waals surface area contributed by atoms with Gasteiger partial charge in [0.1, 0.15) is 24.2 Å². The lowest BCUT2D eigenvalue weighted by molar-refractivity contribution is 0.315. The minimum absolute atomic E-state index is 0.125. The molecule has 0 bridgehead atoms. The van der Waals surface area contributed by atoms with Crippen LogP contribution in [-0.2, 0) is 0 Å². The van der Waals surface area contributed by atoms with Gasteiger partial charge in [-0.3, -0.25) is 0 Å². The van der Waals surface area contributed by atoms with Crippen LogP contribution < -0.4 is 4.74 Å². The van der Waals surface area contributed by atoms with Crippen molar-refractivity contribution in [3.8, 4) is 11.5 Å². The number of benzene rings is 1. The number of hydrogen-bond donors (Lipinski definition) is 1. The van der Waals surface area contributed by atoms with Gasteiger partial charge in [0.2, 0.25) is 0 Å². The van der Waals surface area contributed by atoms with E-state index in [1.54, 1.807) is 18.2 Å². The SMILES string of the molecule is CCCOc1ccc(/C=N/n2cnnc2)c(O)c1. The molecule has 2 aromatic rings. The molecule has 0 aliphatic rings. The van der Waals surface area contributed by atoms with E-state index in [-0.39, 0.29) is 5.75 Å². The zero-order valence-corrected chi connectivity index (χ0v) is 10.0. The van der Waals surface area contributed by atoms with Crippen LogP contribution >= 0.6 is 0 Å². The maximum absolute atomic E-state index is 9.81. The van der Waals surface area contributed by atoms with Crippen molar-refractivity contribution < 1.29 is 9.84 Å². The van der Waals surface area contributed by atoms with Crippen molar-refractivity contribution in [1.29, 1.82) is 0 Å². The number of phenols is 1. The molecule has 0 radical (unpaired) electrons. The van der Waals surface area contributed by atoms with Gasteiger partial charge in [-0.2, -0.15) is 5.10 Å². The Morgan fingerprint density at radius 1 is 1.39 bits per heavy atom. The summed E-state index contributed by atoms with van der Waals surface area (Å²) >= 11 is 0. The van der Waals surface area contributed by atoms with E-state index >= 15 is 0 Å². The van der Waals surface area contributed by atoms with Gasteiger partial charge in [-0.15, -0.1) is 10.2 Å². The maximum atomic E-state index is 9.81. The molecular weight excluding hydrogens is 232 g/mol. The van der Waals surface area contributed by atoms with Crippen LogP contribution in [0.2, 0.25) is 0 Å². The highest BCUT2D eigenvalue weighted by molar-refractivity contribution is 5.83. The van der Waals surface area contributed by atoms with E-state index in [9.17, 15) is 5.11 Å². The van der Waals surface area contributed by atoms with Crippen LogP contribution in [0.4, 0.5) is 0 Å². The van der Waals surface area contributed by atoms with Crippen molar-refractivity contribution in [3.63, 3.8) is 0 Å². The summed E-state index contributed by atoms with van der Waals surface area (Å²) < 4.78 is 6.86. The highest BCUT2D eigenvalue weighted by atomic mass is 16.5. The Labute approximate surface area is 105 Å². The van der Waals surface area contributed by atoms with E-state index in [0.29, 0.717) is 17.9 Å². The standard InChI is InChI=1S/C12H14N4O2/c1-2-5-18-11-4-3-10(12(17)6-11)7-15-16-8-13-14-9-16/h3-4,6-9,17H,2,5H2,1H3/b15-7+. The molecule has 0 atom stereocenters. The zero-order valence-electron chi connectivity index (χ0n) is 10.0. The second-order valence-electron chi connectivity index (χ2n) is 3.66. The molecule has 0 fully saturated rings. The van der Waals surface area contributed by atoms with Crippen molar-refractivity contribution in [1.82, 2.24) is 14.9 Å². The summed E-state index contributed by atoms with van der Waals surface area (Å²) in [6.07, 6.45) is 5.39. The number of ether oxygens (including phenoxy) is 1. The lowest BCUT2D eigenvalue weighted by Crippen LogP contribution is -1.95. The summed E-state index contributed by atoms with van der Waals surface area (Å²) in [4.78, 5) is 0. The van der Waals surface area contributed by atoms with Gasteiger partial charge in [-0.05, 0) is 18.6 Å². The maximum Gasteiger partial charge on any atom is 0.141 e. The van der Waals surface area contributed by atoms with E-state index in [1.165, 1.54) is 23.5 Å². The highest BCUT2D eigenvalue weighted by Gasteiger charge is 2.01. The lowest BCUT2D eigenvalue weighted by atomic mass is 10.2. The average molecular weight is 246 g/mol. The normalized spacial score (nSPS) is 10.9. The minimum atomic E-state index is 0.125. The summed E-state index contributed by atoms with van der Waals surface area (Å²) in [5.74, 6) is 0.774. The molecule has 0 spiro atoms. The summed E-state index contributed by atoms with van der Waals surface area (Å²) in [5.41, 5.74) is 0.604. The molecule has 1 N–H and O–H groups in total. The first-order chi connectivity index (χ1) is 8.79. The fourth-order valence-electron chi connectivity index (χ4n) is 1.33. The molecular formula is C12H14N4O2. The highest BCUT2D eigenvalue weighted by Crippen LogP contribution is 2.22. The van der Waals surface area contributed by atoms with Crippen LogP contribution in [0.5, 0.6) is 11.5 Å². The van der Waals surface area contributed by atoms with Gasteiger partial charge in [0.05, 0.1) is 12.8 Å². The third-order valence-corrected chi connectivity index (χ3v) is 2.21. The van der Waals surface area contributed by atoms with Gasteiger partial charge >= 0.3 is 0 Å². The smallest absolute Gasteiger partial charge is 0.141 e.